The zero-order chi connectivity index (χ0) is 31.0. The highest BCUT2D eigenvalue weighted by atomic mass is 35.5. The van der Waals surface area contributed by atoms with Gasteiger partial charge < -0.3 is 15.4 Å². The van der Waals surface area contributed by atoms with Gasteiger partial charge in [0.25, 0.3) is 5.91 Å². The van der Waals surface area contributed by atoms with E-state index in [0.29, 0.717) is 22.9 Å². The van der Waals surface area contributed by atoms with Crippen LogP contribution in [0.5, 0.6) is 5.75 Å². The van der Waals surface area contributed by atoms with Gasteiger partial charge in [-0.05, 0) is 49.7 Å². The molecule has 6 heteroatoms. The van der Waals surface area contributed by atoms with Crippen LogP contribution >= 0.6 is 11.6 Å². The summed E-state index contributed by atoms with van der Waals surface area (Å²) in [6.45, 7) is 3.96. The van der Waals surface area contributed by atoms with Gasteiger partial charge in [0.2, 0.25) is 5.91 Å². The van der Waals surface area contributed by atoms with Gasteiger partial charge in [-0.25, -0.2) is 0 Å². The number of unbranched alkanes of at least 4 members (excludes halogenated alkanes) is 18. The van der Waals surface area contributed by atoms with E-state index < -0.39 is 6.10 Å². The van der Waals surface area contributed by atoms with E-state index in [4.69, 9.17) is 16.3 Å². The van der Waals surface area contributed by atoms with Crippen LogP contribution in [0, 0.1) is 0 Å². The molecule has 0 aliphatic rings. The van der Waals surface area contributed by atoms with E-state index in [-0.39, 0.29) is 11.8 Å². The molecule has 0 saturated carbocycles. The lowest BCUT2D eigenvalue weighted by molar-refractivity contribution is -0.122. The summed E-state index contributed by atoms with van der Waals surface area (Å²) in [5, 5.41) is 6.24. The van der Waals surface area contributed by atoms with E-state index in [9.17, 15) is 9.59 Å². The second kappa shape index (κ2) is 23.9. The van der Waals surface area contributed by atoms with Gasteiger partial charge in [-0.2, -0.15) is 0 Å². The number of carbonyl (C=O) groups excluding carboxylic acids is 2. The number of benzene rings is 2. The Bertz CT molecular complexity index is 1010. The number of hydrogen-bond acceptors (Lipinski definition) is 3. The molecule has 0 fully saturated rings. The van der Waals surface area contributed by atoms with Crippen molar-refractivity contribution in [3.8, 4) is 5.75 Å². The number of anilines is 2. The Balaban J connectivity index is 1.41. The van der Waals surface area contributed by atoms with E-state index in [0.717, 1.165) is 18.5 Å². The predicted octanol–water partition coefficient (Wildman–Crippen LogP) is 11.5. The highest BCUT2D eigenvalue weighted by Crippen LogP contribution is 2.24. The fourth-order valence-electron chi connectivity index (χ4n) is 5.25. The SMILES string of the molecule is CCCCCCCCCCCCCCCCCCCCCC(=O)Nc1ccc(NC(=O)C(C)Oc2ccccc2Cl)cc1. The van der Waals surface area contributed by atoms with Gasteiger partial charge in [-0.15, -0.1) is 0 Å². The number of carbonyl (C=O) groups is 2. The monoisotopic (exact) mass is 612 g/mol. The van der Waals surface area contributed by atoms with Crippen LogP contribution in [0.2, 0.25) is 5.02 Å². The van der Waals surface area contributed by atoms with E-state index in [1.807, 2.05) is 6.07 Å². The van der Waals surface area contributed by atoms with Crippen molar-refractivity contribution in [3.63, 3.8) is 0 Å². The van der Waals surface area contributed by atoms with Crippen LogP contribution in [-0.2, 0) is 9.59 Å². The van der Waals surface area contributed by atoms with E-state index >= 15 is 0 Å². The normalized spacial score (nSPS) is 11.7. The molecule has 240 valence electrons. The van der Waals surface area contributed by atoms with Crippen molar-refractivity contribution < 1.29 is 14.3 Å². The topological polar surface area (TPSA) is 67.4 Å². The number of nitrogens with one attached hydrogen (secondary N) is 2. The predicted molar refractivity (Wildman–Crippen MR) is 183 cm³/mol. The maximum Gasteiger partial charge on any atom is 0.265 e. The lowest BCUT2D eigenvalue weighted by atomic mass is 10.0. The van der Waals surface area contributed by atoms with Gasteiger partial charge in [0.15, 0.2) is 6.10 Å². The number of halogens is 1. The minimum atomic E-state index is -0.710. The molecule has 2 aromatic carbocycles. The third-order valence-corrected chi connectivity index (χ3v) is 8.27. The van der Waals surface area contributed by atoms with Crippen LogP contribution in [0.4, 0.5) is 11.4 Å². The van der Waals surface area contributed by atoms with Gasteiger partial charge in [0, 0.05) is 17.8 Å². The van der Waals surface area contributed by atoms with Gasteiger partial charge in [-0.1, -0.05) is 146 Å². The van der Waals surface area contributed by atoms with Gasteiger partial charge in [-0.3, -0.25) is 9.59 Å². The maximum atomic E-state index is 12.5. The molecule has 0 saturated heterocycles. The Hall–Kier alpha value is -2.53. The first-order chi connectivity index (χ1) is 21.0. The van der Waals surface area contributed by atoms with Crippen LogP contribution < -0.4 is 15.4 Å². The minimum absolute atomic E-state index is 0.0329. The van der Waals surface area contributed by atoms with Crippen molar-refractivity contribution in [2.24, 2.45) is 0 Å². The average Bonchev–Trinajstić information content (AvgIpc) is 3.00. The molecule has 0 spiro atoms. The highest BCUT2D eigenvalue weighted by Gasteiger charge is 2.16. The summed E-state index contributed by atoms with van der Waals surface area (Å²) in [5.74, 6) is 0.224. The molecule has 1 unspecified atom stereocenters. The van der Waals surface area contributed by atoms with Crippen LogP contribution in [0.1, 0.15) is 142 Å². The standard InChI is InChI=1S/C37H57ClN2O3/c1-3-4-5-6-7-8-9-10-11-12-13-14-15-16-17-18-19-20-21-26-36(41)39-32-27-29-33(30-28-32)40-37(42)31(2)43-35-25-23-22-24-34(35)38/h22-25,27-31H,3-21,26H2,1-2H3,(H,39,41)(H,40,42). The quantitative estimate of drug-likeness (QED) is 0.110. The smallest absolute Gasteiger partial charge is 0.265 e. The fourth-order valence-corrected chi connectivity index (χ4v) is 5.43. The summed E-state index contributed by atoms with van der Waals surface area (Å²) in [7, 11) is 0. The first-order valence-corrected chi connectivity index (χ1v) is 17.5. The Kier molecular flexibility index (Phi) is 20.3. The molecule has 2 N–H and O–H groups in total. The molecule has 5 nitrogen and oxygen atoms in total. The second-order valence-corrected chi connectivity index (χ2v) is 12.3. The summed E-state index contributed by atoms with van der Waals surface area (Å²) in [6.07, 6.45) is 25.4. The summed E-state index contributed by atoms with van der Waals surface area (Å²) >= 11 is 6.11. The molecule has 2 aromatic rings. The molecule has 0 aliphatic heterocycles. The average molecular weight is 613 g/mol. The number of para-hydroxylation sites is 1. The van der Waals surface area contributed by atoms with Crippen molar-refractivity contribution >= 4 is 34.8 Å². The lowest BCUT2D eigenvalue weighted by Crippen LogP contribution is -2.30. The van der Waals surface area contributed by atoms with Gasteiger partial charge in [0.05, 0.1) is 5.02 Å². The van der Waals surface area contributed by atoms with Gasteiger partial charge >= 0.3 is 0 Å². The molecular formula is C37H57ClN2O3. The molecule has 1 atom stereocenters. The molecule has 43 heavy (non-hydrogen) atoms. The first kappa shape index (κ1) is 36.7. The fraction of sp³-hybridized carbons (Fsp3) is 0.622. The Labute approximate surface area is 266 Å². The number of ether oxygens (including phenoxy) is 1. The molecule has 0 aromatic heterocycles. The summed E-state index contributed by atoms with van der Waals surface area (Å²) in [6, 6.07) is 14.2. The molecule has 2 rings (SSSR count). The zero-order valence-electron chi connectivity index (χ0n) is 26.9. The second-order valence-electron chi connectivity index (χ2n) is 11.9. The highest BCUT2D eigenvalue weighted by molar-refractivity contribution is 6.32. The van der Waals surface area contributed by atoms with Crippen molar-refractivity contribution in [3.05, 3.63) is 53.6 Å². The minimum Gasteiger partial charge on any atom is -0.479 e. The van der Waals surface area contributed by atoms with Crippen molar-refractivity contribution in [2.75, 3.05) is 10.6 Å². The summed E-state index contributed by atoms with van der Waals surface area (Å²) < 4.78 is 5.67. The van der Waals surface area contributed by atoms with E-state index in [2.05, 4.69) is 17.6 Å². The third-order valence-electron chi connectivity index (χ3n) is 7.95. The van der Waals surface area contributed by atoms with E-state index in [1.165, 1.54) is 109 Å². The van der Waals surface area contributed by atoms with Gasteiger partial charge in [0.1, 0.15) is 5.75 Å². The molecule has 0 aliphatic carbocycles. The number of amides is 2. The van der Waals surface area contributed by atoms with Crippen LogP contribution in [0.25, 0.3) is 0 Å². The largest absolute Gasteiger partial charge is 0.479 e. The number of rotatable bonds is 25. The van der Waals surface area contributed by atoms with Crippen molar-refractivity contribution in [1.29, 1.82) is 0 Å². The van der Waals surface area contributed by atoms with Crippen molar-refractivity contribution in [1.82, 2.24) is 0 Å². The molecular weight excluding hydrogens is 556 g/mol. The van der Waals surface area contributed by atoms with Crippen molar-refractivity contribution in [2.45, 2.75) is 148 Å². The Morgan fingerprint density at radius 1 is 0.628 bits per heavy atom. The zero-order valence-corrected chi connectivity index (χ0v) is 27.7. The third kappa shape index (κ3) is 18.0. The molecule has 0 bridgehead atoms. The Morgan fingerprint density at radius 2 is 1.05 bits per heavy atom. The number of hydrogen-bond donors (Lipinski definition) is 2. The molecule has 0 heterocycles. The van der Waals surface area contributed by atoms with Crippen LogP contribution in [0.15, 0.2) is 48.5 Å². The van der Waals surface area contributed by atoms with E-state index in [1.54, 1.807) is 49.4 Å². The Morgan fingerprint density at radius 3 is 1.51 bits per heavy atom. The first-order valence-electron chi connectivity index (χ1n) is 17.1. The van der Waals surface area contributed by atoms with Crippen LogP contribution in [0.3, 0.4) is 0 Å². The molecule has 2 amide bonds. The molecule has 0 radical (unpaired) electrons. The summed E-state index contributed by atoms with van der Waals surface area (Å²) in [4.78, 5) is 24.8. The maximum absolute atomic E-state index is 12.5. The van der Waals surface area contributed by atoms with Crippen LogP contribution in [-0.4, -0.2) is 17.9 Å². The summed E-state index contributed by atoms with van der Waals surface area (Å²) in [5.41, 5.74) is 1.36. The lowest BCUT2D eigenvalue weighted by Gasteiger charge is -2.15.